The average Bonchev–Trinajstić information content (AvgIpc) is 3.09. The number of unbranched alkanes of at least 4 members (excludes halogenated alkanes) is 1. The Bertz CT molecular complexity index is 644. The normalized spacial score (nSPS) is 22.2. The largest absolute Gasteiger partial charge is 0.300 e. The number of rotatable bonds is 9. The molecule has 0 saturated heterocycles. The van der Waals surface area contributed by atoms with Crippen LogP contribution in [0.3, 0.4) is 0 Å². The van der Waals surface area contributed by atoms with Crippen molar-refractivity contribution in [2.75, 3.05) is 5.75 Å². The molecule has 0 N–H and O–H groups in total. The molecule has 1 aromatic heterocycles. The molecule has 1 aromatic rings. The molecular weight excluding hydrogens is 402 g/mol. The third kappa shape index (κ3) is 7.05. The average molecular weight is 440 g/mol. The van der Waals surface area contributed by atoms with Crippen molar-refractivity contribution in [3.63, 3.8) is 0 Å². The van der Waals surface area contributed by atoms with E-state index in [1.165, 1.54) is 50.0 Å². The van der Waals surface area contributed by atoms with Crippen molar-refractivity contribution in [3.8, 4) is 0 Å². The van der Waals surface area contributed by atoms with Crippen molar-refractivity contribution >= 4 is 53.1 Å². The monoisotopic (exact) mass is 440 g/mol. The van der Waals surface area contributed by atoms with Crippen LogP contribution >= 0.6 is 23.5 Å². The topological polar surface area (TPSA) is 30.7 Å². The molecule has 161 valence electrons. The molecular formula is C21H38B4N3S2. The van der Waals surface area contributed by atoms with E-state index in [4.69, 9.17) is 15.6 Å². The lowest BCUT2D eigenvalue weighted by Crippen LogP contribution is -2.47. The standard InChI is InChI=1S/C21H38B4N3S2/c1-6-9-12-17-13-10-11-14-29-16-19-18(15-30-17)26-27-28(19)24-21(5,8-3)25(23)20(4,22)7-2/h17H,6-16H2,1-5H3. The second-order valence-electron chi connectivity index (χ2n) is 9.38. The molecule has 3 atom stereocenters. The van der Waals surface area contributed by atoms with Crippen LogP contribution in [-0.2, 0) is 11.5 Å². The van der Waals surface area contributed by atoms with Crippen molar-refractivity contribution in [2.45, 2.75) is 113 Å². The van der Waals surface area contributed by atoms with Crippen LogP contribution in [0.15, 0.2) is 0 Å². The van der Waals surface area contributed by atoms with Gasteiger partial charge in [-0.3, -0.25) is 0 Å². The molecule has 2 heterocycles. The summed E-state index contributed by atoms with van der Waals surface area (Å²) in [7, 11) is 15.4. The maximum absolute atomic E-state index is 6.70. The van der Waals surface area contributed by atoms with Gasteiger partial charge in [0.15, 0.2) is 0 Å². The van der Waals surface area contributed by atoms with Crippen LogP contribution in [0.2, 0.25) is 10.4 Å². The molecule has 0 saturated carbocycles. The molecule has 1 aliphatic heterocycles. The summed E-state index contributed by atoms with van der Waals surface area (Å²) in [4.78, 5) is 0. The smallest absolute Gasteiger partial charge is 0.280 e. The molecule has 3 nitrogen and oxygen atoms in total. The SMILES string of the molecule is [B]B(C([B])(C)CC)C(C)([B]n1nnc2c1CSCCCCC(CCCC)SC2)CC. The van der Waals surface area contributed by atoms with E-state index in [-0.39, 0.29) is 11.8 Å². The van der Waals surface area contributed by atoms with Gasteiger partial charge in [-0.2, -0.15) is 23.5 Å². The van der Waals surface area contributed by atoms with Gasteiger partial charge in [-0.15, -0.1) is 5.10 Å². The van der Waals surface area contributed by atoms with Crippen molar-refractivity contribution < 1.29 is 0 Å². The highest BCUT2D eigenvalue weighted by atomic mass is 32.2. The third-order valence-corrected chi connectivity index (χ3v) is 9.31. The molecule has 0 aromatic carbocycles. The molecule has 0 fully saturated rings. The molecule has 3 unspecified atom stereocenters. The molecule has 0 aliphatic carbocycles. The van der Waals surface area contributed by atoms with Gasteiger partial charge in [0, 0.05) is 24.5 Å². The summed E-state index contributed by atoms with van der Waals surface area (Å²) in [5.41, 5.74) is 2.39. The molecule has 30 heavy (non-hydrogen) atoms. The van der Waals surface area contributed by atoms with E-state index < -0.39 is 5.21 Å². The molecule has 0 bridgehead atoms. The highest BCUT2D eigenvalue weighted by molar-refractivity contribution is 7.99. The number of hydrogen-bond acceptors (Lipinski definition) is 4. The quantitative estimate of drug-likeness (QED) is 0.473. The third-order valence-electron chi connectivity index (χ3n) is 6.87. The van der Waals surface area contributed by atoms with Gasteiger partial charge in [0.05, 0.1) is 25.8 Å². The van der Waals surface area contributed by atoms with Gasteiger partial charge in [0.2, 0.25) is 0 Å². The Hall–Kier alpha value is 0.0997. The van der Waals surface area contributed by atoms with Crippen LogP contribution in [0, 0.1) is 0 Å². The Kier molecular flexibility index (Phi) is 10.9. The lowest BCUT2D eigenvalue weighted by molar-refractivity contribution is 0.617. The summed E-state index contributed by atoms with van der Waals surface area (Å²) in [6.07, 6.45) is 9.64. The minimum absolute atomic E-state index is 0.150. The van der Waals surface area contributed by atoms with Crippen LogP contribution < -0.4 is 0 Å². The Morgan fingerprint density at radius 3 is 2.63 bits per heavy atom. The summed E-state index contributed by atoms with van der Waals surface area (Å²) in [6, 6.07) is 0. The highest BCUT2D eigenvalue weighted by Crippen LogP contribution is 2.43. The van der Waals surface area contributed by atoms with Gasteiger partial charge in [0.25, 0.3) is 7.41 Å². The maximum atomic E-state index is 6.70. The first-order valence-electron chi connectivity index (χ1n) is 11.8. The summed E-state index contributed by atoms with van der Waals surface area (Å²) < 4.78 is 2.02. The maximum Gasteiger partial charge on any atom is 0.280 e. The fraction of sp³-hybridized carbons (Fsp3) is 0.905. The van der Waals surface area contributed by atoms with Gasteiger partial charge >= 0.3 is 0 Å². The van der Waals surface area contributed by atoms with E-state index in [1.54, 1.807) is 0 Å². The van der Waals surface area contributed by atoms with E-state index in [2.05, 4.69) is 64.1 Å². The summed E-state index contributed by atoms with van der Waals surface area (Å²) in [5, 5.41) is 9.26. The van der Waals surface area contributed by atoms with Crippen molar-refractivity contribution in [2.24, 2.45) is 0 Å². The van der Waals surface area contributed by atoms with E-state index in [1.807, 2.05) is 16.4 Å². The zero-order chi connectivity index (χ0) is 22.2. The van der Waals surface area contributed by atoms with Crippen LogP contribution in [0.5, 0.6) is 0 Å². The number of hydrogen-bond donors (Lipinski definition) is 0. The predicted octanol–water partition coefficient (Wildman–Crippen LogP) is 5.54. The van der Waals surface area contributed by atoms with Gasteiger partial charge < -0.3 is 4.59 Å². The predicted molar refractivity (Wildman–Crippen MR) is 140 cm³/mol. The Balaban J connectivity index is 2.22. The van der Waals surface area contributed by atoms with Gasteiger partial charge in [0.1, 0.15) is 0 Å². The van der Waals surface area contributed by atoms with Gasteiger partial charge in [-0.1, -0.05) is 82.4 Å². The summed E-state index contributed by atoms with van der Waals surface area (Å²) in [6.45, 7) is 10.7. The molecule has 2 rings (SSSR count). The second-order valence-corrected chi connectivity index (χ2v) is 11.8. The van der Waals surface area contributed by atoms with E-state index in [0.717, 1.165) is 35.3 Å². The van der Waals surface area contributed by atoms with Crippen molar-refractivity contribution in [3.05, 3.63) is 11.4 Å². The summed E-state index contributed by atoms with van der Waals surface area (Å²) in [5.74, 6) is 3.12. The minimum Gasteiger partial charge on any atom is -0.300 e. The molecule has 1 aliphatic rings. The van der Waals surface area contributed by atoms with Crippen molar-refractivity contribution in [1.82, 2.24) is 14.9 Å². The molecule has 0 amide bonds. The zero-order valence-electron chi connectivity index (χ0n) is 19.8. The van der Waals surface area contributed by atoms with Crippen molar-refractivity contribution in [1.29, 1.82) is 0 Å². The Labute approximate surface area is 198 Å². The van der Waals surface area contributed by atoms with Gasteiger partial charge in [-0.25, -0.2) is 0 Å². The van der Waals surface area contributed by atoms with E-state index in [0.29, 0.717) is 0 Å². The Morgan fingerprint density at radius 1 is 1.20 bits per heavy atom. The van der Waals surface area contributed by atoms with E-state index in [9.17, 15) is 0 Å². The highest BCUT2D eigenvalue weighted by Gasteiger charge is 2.42. The fourth-order valence-corrected chi connectivity index (χ4v) is 6.37. The molecule has 9 heteroatoms. The van der Waals surface area contributed by atoms with Crippen LogP contribution in [-0.4, -0.2) is 55.5 Å². The summed E-state index contributed by atoms with van der Waals surface area (Å²) >= 11 is 4.09. The molecule has 0 spiro atoms. The lowest BCUT2D eigenvalue weighted by atomic mass is 9.04. The lowest BCUT2D eigenvalue weighted by Gasteiger charge is -2.42. The number of thioether (sulfide) groups is 2. The number of fused-ring (bicyclic) bond motifs is 1. The zero-order valence-corrected chi connectivity index (χ0v) is 21.5. The Morgan fingerprint density at radius 2 is 1.97 bits per heavy atom. The van der Waals surface area contributed by atoms with Crippen LogP contribution in [0.1, 0.15) is 97.4 Å². The van der Waals surface area contributed by atoms with Gasteiger partial charge in [-0.05, 0) is 25.0 Å². The second kappa shape index (κ2) is 12.4. The first kappa shape index (κ1) is 26.4. The number of aromatic nitrogens is 3. The van der Waals surface area contributed by atoms with Crippen LogP contribution in [0.4, 0.5) is 0 Å². The first-order chi connectivity index (χ1) is 14.3. The minimum atomic E-state index is -0.416. The van der Waals surface area contributed by atoms with E-state index >= 15 is 0 Å². The number of nitrogens with zero attached hydrogens (tertiary/aromatic N) is 3. The first-order valence-corrected chi connectivity index (χ1v) is 14.0. The fourth-order valence-electron chi connectivity index (χ4n) is 4.04. The van der Waals surface area contributed by atoms with Crippen LogP contribution in [0.25, 0.3) is 0 Å². The molecule has 5 radical (unpaired) electrons.